The van der Waals surface area contributed by atoms with E-state index in [0.717, 1.165) is 94.8 Å². The molecule has 0 atom stereocenters. The Balaban J connectivity index is 1.35. The van der Waals surface area contributed by atoms with Gasteiger partial charge in [-0.05, 0) is 67.8 Å². The SMILES string of the molecule is FC(F)(F)c1ccnc(N(CCCN2CCOCC2)c2ccc3cc(CCCN4CCOCC4)cc(Cl)c3n2)c1. The second-order valence-corrected chi connectivity index (χ2v) is 10.6. The zero-order chi connectivity index (χ0) is 28.0. The Morgan fingerprint density at radius 3 is 2.20 bits per heavy atom. The number of halogens is 4. The summed E-state index contributed by atoms with van der Waals surface area (Å²) in [7, 11) is 0. The number of ether oxygens (including phenoxy) is 2. The lowest BCUT2D eigenvalue weighted by atomic mass is 10.1. The molecule has 2 aromatic heterocycles. The summed E-state index contributed by atoms with van der Waals surface area (Å²) < 4.78 is 51.4. The number of rotatable bonds is 10. The lowest BCUT2D eigenvalue weighted by Gasteiger charge is -2.28. The largest absolute Gasteiger partial charge is 0.416 e. The molecule has 3 aromatic rings. The smallest absolute Gasteiger partial charge is 0.379 e. The average Bonchev–Trinajstić information content (AvgIpc) is 2.96. The molecule has 5 rings (SSSR count). The number of nitrogens with zero attached hydrogens (tertiary/aromatic N) is 5. The van der Waals surface area contributed by atoms with Crippen LogP contribution in [-0.4, -0.2) is 92.0 Å². The van der Waals surface area contributed by atoms with Gasteiger partial charge in [0.1, 0.15) is 11.6 Å². The van der Waals surface area contributed by atoms with Crippen molar-refractivity contribution in [3.63, 3.8) is 0 Å². The van der Waals surface area contributed by atoms with Gasteiger partial charge < -0.3 is 14.4 Å². The third-order valence-corrected chi connectivity index (χ3v) is 7.71. The molecule has 11 heteroatoms. The highest BCUT2D eigenvalue weighted by Crippen LogP contribution is 2.34. The summed E-state index contributed by atoms with van der Waals surface area (Å²) in [6.07, 6.45) is -0.616. The molecule has 2 saturated heterocycles. The topological polar surface area (TPSA) is 54.0 Å². The molecule has 0 radical (unpaired) electrons. The number of hydrogen-bond acceptors (Lipinski definition) is 7. The Hall–Kier alpha value is -2.50. The van der Waals surface area contributed by atoms with Crippen molar-refractivity contribution in [3.8, 4) is 0 Å². The summed E-state index contributed by atoms with van der Waals surface area (Å²) in [5.74, 6) is 0.725. The van der Waals surface area contributed by atoms with Gasteiger partial charge in [-0.3, -0.25) is 9.80 Å². The Labute approximate surface area is 237 Å². The van der Waals surface area contributed by atoms with Crippen molar-refractivity contribution in [2.45, 2.75) is 25.4 Å². The first-order valence-corrected chi connectivity index (χ1v) is 14.2. The van der Waals surface area contributed by atoms with Crippen molar-refractivity contribution >= 4 is 34.1 Å². The summed E-state index contributed by atoms with van der Waals surface area (Å²) in [4.78, 5) is 15.6. The van der Waals surface area contributed by atoms with E-state index in [9.17, 15) is 13.2 Å². The van der Waals surface area contributed by atoms with E-state index in [4.69, 9.17) is 26.1 Å². The molecule has 2 aliphatic rings. The Bertz CT molecular complexity index is 1270. The molecule has 0 saturated carbocycles. The van der Waals surface area contributed by atoms with Crippen molar-refractivity contribution in [3.05, 3.63) is 58.7 Å². The number of aromatic nitrogens is 2. The van der Waals surface area contributed by atoms with Crippen LogP contribution in [0.4, 0.5) is 24.8 Å². The Morgan fingerprint density at radius 1 is 0.850 bits per heavy atom. The number of fused-ring (bicyclic) bond motifs is 1. The van der Waals surface area contributed by atoms with Crippen LogP contribution in [0.3, 0.4) is 0 Å². The zero-order valence-corrected chi connectivity index (χ0v) is 23.3. The van der Waals surface area contributed by atoms with E-state index in [1.807, 2.05) is 18.2 Å². The van der Waals surface area contributed by atoms with E-state index in [-0.39, 0.29) is 5.82 Å². The lowest BCUT2D eigenvalue weighted by molar-refractivity contribution is -0.137. The molecule has 0 amide bonds. The van der Waals surface area contributed by atoms with E-state index < -0.39 is 11.7 Å². The number of hydrogen-bond donors (Lipinski definition) is 0. The van der Waals surface area contributed by atoms with E-state index in [1.54, 1.807) is 4.90 Å². The molecule has 40 heavy (non-hydrogen) atoms. The first-order valence-electron chi connectivity index (χ1n) is 13.9. The van der Waals surface area contributed by atoms with Crippen LogP contribution >= 0.6 is 11.6 Å². The van der Waals surface area contributed by atoms with Crippen LogP contribution in [0.5, 0.6) is 0 Å². The van der Waals surface area contributed by atoms with Crippen molar-refractivity contribution in [1.29, 1.82) is 0 Å². The summed E-state index contributed by atoms with van der Waals surface area (Å²) in [5, 5.41) is 1.44. The molecule has 0 unspecified atom stereocenters. The van der Waals surface area contributed by atoms with Gasteiger partial charge in [0.05, 0.1) is 42.5 Å². The average molecular weight is 578 g/mol. The standard InChI is InChI=1S/C29H35ClF3N5O2/c30-25-20-22(3-1-8-36-11-15-39-16-12-36)19-23-4-5-26(35-28(23)25)38(10-2-9-37-13-17-40-18-14-37)27-21-24(6-7-34-27)29(31,32)33/h4-7,19-21H,1-3,8-18H2. The lowest BCUT2D eigenvalue weighted by Crippen LogP contribution is -2.38. The molecule has 216 valence electrons. The van der Waals surface area contributed by atoms with E-state index in [0.29, 0.717) is 36.1 Å². The highest BCUT2D eigenvalue weighted by molar-refractivity contribution is 6.35. The molecule has 1 aromatic carbocycles. The highest BCUT2D eigenvalue weighted by atomic mass is 35.5. The van der Waals surface area contributed by atoms with Gasteiger partial charge in [0.25, 0.3) is 0 Å². The van der Waals surface area contributed by atoms with Crippen molar-refractivity contribution < 1.29 is 22.6 Å². The van der Waals surface area contributed by atoms with Gasteiger partial charge in [0.2, 0.25) is 0 Å². The maximum Gasteiger partial charge on any atom is 0.416 e. The molecule has 0 N–H and O–H groups in total. The number of pyridine rings is 2. The zero-order valence-electron chi connectivity index (χ0n) is 22.5. The van der Waals surface area contributed by atoms with Crippen LogP contribution in [-0.2, 0) is 22.1 Å². The van der Waals surface area contributed by atoms with E-state index in [1.165, 1.54) is 6.20 Å². The molecule has 2 aliphatic heterocycles. The first-order chi connectivity index (χ1) is 19.4. The molecular weight excluding hydrogens is 543 g/mol. The van der Waals surface area contributed by atoms with Crippen LogP contribution in [0, 0.1) is 0 Å². The van der Waals surface area contributed by atoms with Crippen LogP contribution in [0.25, 0.3) is 10.9 Å². The highest BCUT2D eigenvalue weighted by Gasteiger charge is 2.31. The molecule has 0 bridgehead atoms. The second-order valence-electron chi connectivity index (χ2n) is 10.2. The Kier molecular flexibility index (Phi) is 9.75. The summed E-state index contributed by atoms with van der Waals surface area (Å²) >= 11 is 6.71. The molecule has 2 fully saturated rings. The molecule has 0 spiro atoms. The van der Waals surface area contributed by atoms with Gasteiger partial charge >= 0.3 is 6.18 Å². The van der Waals surface area contributed by atoms with Gasteiger partial charge in [-0.1, -0.05) is 11.6 Å². The Morgan fingerprint density at radius 2 is 1.52 bits per heavy atom. The minimum atomic E-state index is -4.46. The number of morpholine rings is 2. The fraction of sp³-hybridized carbons (Fsp3) is 0.517. The minimum Gasteiger partial charge on any atom is -0.379 e. The number of anilines is 2. The van der Waals surface area contributed by atoms with Gasteiger partial charge in [0, 0.05) is 50.9 Å². The number of aryl methyl sites for hydroxylation is 1. The maximum atomic E-state index is 13.5. The fourth-order valence-electron chi connectivity index (χ4n) is 5.23. The van der Waals surface area contributed by atoms with E-state index in [2.05, 4.69) is 20.9 Å². The van der Waals surface area contributed by atoms with Crippen LogP contribution < -0.4 is 4.90 Å². The minimum absolute atomic E-state index is 0.208. The fourth-order valence-corrected chi connectivity index (χ4v) is 5.52. The molecule has 0 aliphatic carbocycles. The predicted molar refractivity (Wildman–Crippen MR) is 150 cm³/mol. The first kappa shape index (κ1) is 29.0. The molecule has 4 heterocycles. The normalized spacial score (nSPS) is 17.4. The van der Waals surface area contributed by atoms with Crippen LogP contribution in [0.15, 0.2) is 42.6 Å². The summed E-state index contributed by atoms with van der Waals surface area (Å²) in [5.41, 5.74) is 1.03. The van der Waals surface area contributed by atoms with Crippen LogP contribution in [0.1, 0.15) is 24.0 Å². The van der Waals surface area contributed by atoms with E-state index >= 15 is 0 Å². The predicted octanol–water partition coefficient (Wildman–Crippen LogP) is 5.43. The van der Waals surface area contributed by atoms with Crippen LogP contribution in [0.2, 0.25) is 5.02 Å². The van der Waals surface area contributed by atoms with Gasteiger partial charge in [-0.15, -0.1) is 0 Å². The van der Waals surface area contributed by atoms with Gasteiger partial charge in [-0.25, -0.2) is 9.97 Å². The second kappa shape index (κ2) is 13.4. The summed E-state index contributed by atoms with van der Waals surface area (Å²) in [6, 6.07) is 9.90. The van der Waals surface area contributed by atoms with Crippen molar-refractivity contribution in [2.24, 2.45) is 0 Å². The quantitative estimate of drug-likeness (QED) is 0.319. The van der Waals surface area contributed by atoms with Crippen molar-refractivity contribution in [1.82, 2.24) is 19.8 Å². The third-order valence-electron chi connectivity index (χ3n) is 7.42. The van der Waals surface area contributed by atoms with Gasteiger partial charge in [-0.2, -0.15) is 13.2 Å². The molecular formula is C29H35ClF3N5O2. The monoisotopic (exact) mass is 577 g/mol. The van der Waals surface area contributed by atoms with Crippen molar-refractivity contribution in [2.75, 3.05) is 77.1 Å². The summed E-state index contributed by atoms with van der Waals surface area (Å²) in [6.45, 7) is 8.87. The maximum absolute atomic E-state index is 13.5. The third kappa shape index (κ3) is 7.61. The number of benzene rings is 1. The van der Waals surface area contributed by atoms with Gasteiger partial charge in [0.15, 0.2) is 0 Å². The molecule has 7 nitrogen and oxygen atoms in total. The number of alkyl halides is 3.